The van der Waals surface area contributed by atoms with Gasteiger partial charge in [-0.3, -0.25) is 9.59 Å². The third kappa shape index (κ3) is 3.65. The van der Waals surface area contributed by atoms with E-state index in [9.17, 15) is 14.7 Å². The summed E-state index contributed by atoms with van der Waals surface area (Å²) < 4.78 is 0. The Kier molecular flexibility index (Phi) is 5.13. The summed E-state index contributed by atoms with van der Waals surface area (Å²) in [6.45, 7) is 2.07. The Morgan fingerprint density at radius 3 is 2.42 bits per heavy atom. The molecule has 1 amide bonds. The van der Waals surface area contributed by atoms with Crippen LogP contribution in [0.3, 0.4) is 0 Å². The second kappa shape index (κ2) is 6.64. The molecule has 1 heterocycles. The van der Waals surface area contributed by atoms with Crippen LogP contribution in [-0.4, -0.2) is 34.5 Å². The predicted octanol–water partition coefficient (Wildman–Crippen LogP) is 2.14. The van der Waals surface area contributed by atoms with Crippen LogP contribution in [0.15, 0.2) is 0 Å². The highest BCUT2D eigenvalue weighted by Gasteiger charge is 2.42. The van der Waals surface area contributed by atoms with Gasteiger partial charge in [-0.05, 0) is 43.1 Å². The fourth-order valence-corrected chi connectivity index (χ4v) is 4.30. The number of hydrogen-bond acceptors (Lipinski definition) is 3. The lowest BCUT2D eigenvalue weighted by Gasteiger charge is -2.25. The van der Waals surface area contributed by atoms with Crippen molar-refractivity contribution in [2.75, 3.05) is 11.5 Å². The molecule has 4 nitrogen and oxygen atoms in total. The number of rotatable bonds is 4. The zero-order chi connectivity index (χ0) is 13.8. The molecule has 0 radical (unpaired) electrons. The number of carbonyl (C=O) groups excluding carboxylic acids is 1. The summed E-state index contributed by atoms with van der Waals surface area (Å²) in [5, 5.41) is 12.3. The second-order valence-corrected chi connectivity index (χ2v) is 6.92. The van der Waals surface area contributed by atoms with Gasteiger partial charge in [0.2, 0.25) is 5.91 Å². The molecule has 0 bridgehead atoms. The Morgan fingerprint density at radius 1 is 1.21 bits per heavy atom. The van der Waals surface area contributed by atoms with Gasteiger partial charge in [-0.15, -0.1) is 0 Å². The first-order valence-corrected chi connectivity index (χ1v) is 8.38. The van der Waals surface area contributed by atoms with E-state index < -0.39 is 11.9 Å². The van der Waals surface area contributed by atoms with E-state index >= 15 is 0 Å². The standard InChI is InChI=1S/C14H23NO3S/c1-2-9-7-11(12(8-9)14(17)18)13(16)15-10-3-5-19-6-4-10/h9-12H,2-8H2,1H3,(H,15,16)(H,17,18)/t9?,11-,12+/m0/s1. The number of thioether (sulfide) groups is 1. The third-order valence-electron chi connectivity index (χ3n) is 4.46. The molecule has 1 aliphatic carbocycles. The van der Waals surface area contributed by atoms with Gasteiger partial charge in [0.15, 0.2) is 0 Å². The van der Waals surface area contributed by atoms with Crippen molar-refractivity contribution >= 4 is 23.6 Å². The van der Waals surface area contributed by atoms with E-state index in [2.05, 4.69) is 12.2 Å². The molecular weight excluding hydrogens is 262 g/mol. The summed E-state index contributed by atoms with van der Waals surface area (Å²) in [5.41, 5.74) is 0. The van der Waals surface area contributed by atoms with Crippen LogP contribution in [0, 0.1) is 17.8 Å². The molecule has 2 aliphatic rings. The van der Waals surface area contributed by atoms with Crippen molar-refractivity contribution in [1.82, 2.24) is 5.32 Å². The molecule has 108 valence electrons. The Hall–Kier alpha value is -0.710. The second-order valence-electron chi connectivity index (χ2n) is 5.69. The first-order valence-electron chi connectivity index (χ1n) is 7.22. The molecule has 2 rings (SSSR count). The molecule has 1 aliphatic heterocycles. The van der Waals surface area contributed by atoms with E-state index in [-0.39, 0.29) is 17.9 Å². The SMILES string of the molecule is CCC1C[C@H](C(=O)NC2CCSCC2)[C@H](C(=O)O)C1. The summed E-state index contributed by atoms with van der Waals surface area (Å²) in [4.78, 5) is 23.6. The first-order chi connectivity index (χ1) is 9.11. The molecule has 1 saturated heterocycles. The Labute approximate surface area is 118 Å². The van der Waals surface area contributed by atoms with Gasteiger partial charge in [0.25, 0.3) is 0 Å². The van der Waals surface area contributed by atoms with Crippen molar-refractivity contribution in [1.29, 1.82) is 0 Å². The molecule has 3 atom stereocenters. The lowest BCUT2D eigenvalue weighted by atomic mass is 9.95. The number of nitrogens with one attached hydrogen (secondary N) is 1. The number of aliphatic carboxylic acids is 1. The van der Waals surface area contributed by atoms with Gasteiger partial charge in [-0.2, -0.15) is 11.8 Å². The number of carboxylic acids is 1. The van der Waals surface area contributed by atoms with Gasteiger partial charge >= 0.3 is 5.97 Å². The summed E-state index contributed by atoms with van der Waals surface area (Å²) in [6, 6.07) is 0.254. The van der Waals surface area contributed by atoms with Gasteiger partial charge in [0, 0.05) is 6.04 Å². The van der Waals surface area contributed by atoms with Gasteiger partial charge in [0.1, 0.15) is 0 Å². The van der Waals surface area contributed by atoms with Gasteiger partial charge in [-0.25, -0.2) is 0 Å². The smallest absolute Gasteiger partial charge is 0.307 e. The van der Waals surface area contributed by atoms with Gasteiger partial charge in [-0.1, -0.05) is 13.3 Å². The summed E-state index contributed by atoms with van der Waals surface area (Å²) in [6.07, 6.45) is 4.38. The van der Waals surface area contributed by atoms with E-state index in [1.807, 2.05) is 11.8 Å². The zero-order valence-corrected chi connectivity index (χ0v) is 12.2. The van der Waals surface area contributed by atoms with Crippen LogP contribution in [0.2, 0.25) is 0 Å². The molecule has 2 N–H and O–H groups in total. The Balaban J connectivity index is 1.94. The third-order valence-corrected chi connectivity index (χ3v) is 5.51. The monoisotopic (exact) mass is 285 g/mol. The van der Waals surface area contributed by atoms with Crippen molar-refractivity contribution in [2.24, 2.45) is 17.8 Å². The van der Waals surface area contributed by atoms with Crippen molar-refractivity contribution in [3.63, 3.8) is 0 Å². The quantitative estimate of drug-likeness (QED) is 0.830. The van der Waals surface area contributed by atoms with Crippen LogP contribution in [0.5, 0.6) is 0 Å². The van der Waals surface area contributed by atoms with Crippen LogP contribution >= 0.6 is 11.8 Å². The molecule has 2 fully saturated rings. The van der Waals surface area contributed by atoms with E-state index in [1.54, 1.807) is 0 Å². The molecule has 1 saturated carbocycles. The normalized spacial score (nSPS) is 32.2. The summed E-state index contributed by atoms with van der Waals surface area (Å²) in [5.74, 6) is 0.930. The van der Waals surface area contributed by atoms with Crippen LogP contribution in [-0.2, 0) is 9.59 Å². The van der Waals surface area contributed by atoms with E-state index in [4.69, 9.17) is 0 Å². The van der Waals surface area contributed by atoms with Crippen molar-refractivity contribution < 1.29 is 14.7 Å². The van der Waals surface area contributed by atoms with E-state index in [1.165, 1.54) is 0 Å². The average molecular weight is 285 g/mol. The minimum Gasteiger partial charge on any atom is -0.481 e. The van der Waals surface area contributed by atoms with E-state index in [0.29, 0.717) is 12.3 Å². The van der Waals surface area contributed by atoms with Crippen molar-refractivity contribution in [3.05, 3.63) is 0 Å². The maximum atomic E-state index is 12.3. The van der Waals surface area contributed by atoms with Crippen LogP contribution < -0.4 is 5.32 Å². The molecule has 0 spiro atoms. The topological polar surface area (TPSA) is 66.4 Å². The molecule has 0 aromatic heterocycles. The van der Waals surface area contributed by atoms with Crippen molar-refractivity contribution in [3.8, 4) is 0 Å². The van der Waals surface area contributed by atoms with Crippen LogP contribution in [0.4, 0.5) is 0 Å². The lowest BCUT2D eigenvalue weighted by Crippen LogP contribution is -2.42. The molecule has 0 aromatic carbocycles. The minimum absolute atomic E-state index is 0.0275. The maximum absolute atomic E-state index is 12.3. The highest BCUT2D eigenvalue weighted by Crippen LogP contribution is 2.38. The summed E-state index contributed by atoms with van der Waals surface area (Å²) in [7, 11) is 0. The molecule has 0 aromatic rings. The zero-order valence-electron chi connectivity index (χ0n) is 11.4. The largest absolute Gasteiger partial charge is 0.481 e. The van der Waals surface area contributed by atoms with Crippen molar-refractivity contribution in [2.45, 2.75) is 45.1 Å². The average Bonchev–Trinajstić information content (AvgIpc) is 2.84. The first kappa shape index (κ1) is 14.7. The molecular formula is C14H23NO3S. The summed E-state index contributed by atoms with van der Waals surface area (Å²) >= 11 is 1.92. The minimum atomic E-state index is -0.810. The fourth-order valence-electron chi connectivity index (χ4n) is 3.19. The highest BCUT2D eigenvalue weighted by molar-refractivity contribution is 7.99. The molecule has 1 unspecified atom stereocenters. The Morgan fingerprint density at radius 2 is 1.84 bits per heavy atom. The predicted molar refractivity (Wildman–Crippen MR) is 76.1 cm³/mol. The molecule has 19 heavy (non-hydrogen) atoms. The van der Waals surface area contributed by atoms with E-state index in [0.717, 1.165) is 37.2 Å². The highest BCUT2D eigenvalue weighted by atomic mass is 32.2. The number of amides is 1. The van der Waals surface area contributed by atoms with Crippen LogP contribution in [0.1, 0.15) is 39.0 Å². The number of hydrogen-bond donors (Lipinski definition) is 2. The number of carboxylic acid groups (broad SMARTS) is 1. The lowest BCUT2D eigenvalue weighted by molar-refractivity contribution is -0.146. The number of carbonyl (C=O) groups is 2. The maximum Gasteiger partial charge on any atom is 0.307 e. The van der Waals surface area contributed by atoms with Gasteiger partial charge in [0.05, 0.1) is 11.8 Å². The molecule has 5 heteroatoms. The fraction of sp³-hybridized carbons (Fsp3) is 0.857. The van der Waals surface area contributed by atoms with Gasteiger partial charge < -0.3 is 10.4 Å². The Bertz CT molecular complexity index is 342. The van der Waals surface area contributed by atoms with Crippen LogP contribution in [0.25, 0.3) is 0 Å².